The van der Waals surface area contributed by atoms with Crippen LogP contribution in [0.1, 0.15) is 0 Å². The molecular formula is C12H13N3O2S. The van der Waals surface area contributed by atoms with Crippen molar-refractivity contribution in [2.75, 3.05) is 18.9 Å². The highest BCUT2D eigenvalue weighted by Gasteiger charge is 2.15. The zero-order chi connectivity index (χ0) is 12.5. The van der Waals surface area contributed by atoms with E-state index in [1.165, 1.54) is 0 Å². The van der Waals surface area contributed by atoms with Gasteiger partial charge in [-0.1, -0.05) is 11.8 Å². The Kier molecular flexibility index (Phi) is 2.79. The van der Waals surface area contributed by atoms with E-state index in [0.29, 0.717) is 24.7 Å². The van der Waals surface area contributed by atoms with Crippen LogP contribution in [0.3, 0.4) is 0 Å². The van der Waals surface area contributed by atoms with Crippen LogP contribution in [0.15, 0.2) is 34.3 Å². The highest BCUT2D eigenvalue weighted by Crippen LogP contribution is 2.40. The number of nitrogens with zero attached hydrogens (tertiary/aromatic N) is 2. The average Bonchev–Trinajstić information content (AvgIpc) is 2.76. The van der Waals surface area contributed by atoms with Gasteiger partial charge in [0.25, 0.3) is 0 Å². The molecule has 5 nitrogen and oxygen atoms in total. The maximum Gasteiger partial charge on any atom is 0.163 e. The lowest BCUT2D eigenvalue weighted by molar-refractivity contribution is 0.171. The summed E-state index contributed by atoms with van der Waals surface area (Å²) in [5, 5.41) is 4.13. The van der Waals surface area contributed by atoms with E-state index in [0.717, 1.165) is 15.5 Å². The van der Waals surface area contributed by atoms with Crippen LogP contribution in [-0.4, -0.2) is 23.0 Å². The number of rotatable bonds is 2. The van der Waals surface area contributed by atoms with Crippen LogP contribution in [0.5, 0.6) is 11.5 Å². The van der Waals surface area contributed by atoms with E-state index in [2.05, 4.69) is 5.10 Å². The summed E-state index contributed by atoms with van der Waals surface area (Å²) in [5.41, 5.74) is 6.70. The summed E-state index contributed by atoms with van der Waals surface area (Å²) in [6, 6.07) is 3.73. The molecule has 0 saturated heterocycles. The molecule has 94 valence electrons. The van der Waals surface area contributed by atoms with E-state index in [-0.39, 0.29) is 0 Å². The zero-order valence-electron chi connectivity index (χ0n) is 9.92. The van der Waals surface area contributed by atoms with Gasteiger partial charge in [-0.2, -0.15) is 5.10 Å². The molecule has 2 heterocycles. The number of nitrogen functional groups attached to an aromatic ring is 1. The van der Waals surface area contributed by atoms with Crippen LogP contribution in [-0.2, 0) is 7.05 Å². The number of hydrogen-bond donors (Lipinski definition) is 1. The van der Waals surface area contributed by atoms with Gasteiger partial charge >= 0.3 is 0 Å². The van der Waals surface area contributed by atoms with E-state index in [9.17, 15) is 0 Å². The fourth-order valence-electron chi connectivity index (χ4n) is 1.75. The van der Waals surface area contributed by atoms with Crippen molar-refractivity contribution in [2.45, 2.75) is 9.79 Å². The standard InChI is InChI=1S/C12H13N3O2S/c1-15-7-8(6-14-15)18-12-5-11-10(4-9(12)13)16-2-3-17-11/h4-7H,2-3,13H2,1H3. The number of aryl methyl sites for hydroxylation is 1. The monoisotopic (exact) mass is 263 g/mol. The topological polar surface area (TPSA) is 62.3 Å². The van der Waals surface area contributed by atoms with E-state index >= 15 is 0 Å². The minimum atomic E-state index is 0.571. The Hall–Kier alpha value is -1.82. The second-order valence-corrected chi connectivity index (χ2v) is 5.10. The normalized spacial score (nSPS) is 13.6. The molecule has 2 N–H and O–H groups in total. The van der Waals surface area contributed by atoms with E-state index < -0.39 is 0 Å². The summed E-state index contributed by atoms with van der Waals surface area (Å²) in [7, 11) is 1.89. The summed E-state index contributed by atoms with van der Waals surface area (Å²) >= 11 is 1.56. The van der Waals surface area contributed by atoms with Gasteiger partial charge in [-0.3, -0.25) is 4.68 Å². The molecule has 18 heavy (non-hydrogen) atoms. The third-order valence-corrected chi connectivity index (χ3v) is 3.60. The highest BCUT2D eigenvalue weighted by molar-refractivity contribution is 7.99. The Balaban J connectivity index is 1.92. The number of fused-ring (bicyclic) bond motifs is 1. The van der Waals surface area contributed by atoms with Crippen LogP contribution in [0.4, 0.5) is 5.69 Å². The fraction of sp³-hybridized carbons (Fsp3) is 0.250. The predicted molar refractivity (Wildman–Crippen MR) is 69.2 cm³/mol. The minimum absolute atomic E-state index is 0.571. The van der Waals surface area contributed by atoms with Crippen molar-refractivity contribution >= 4 is 17.4 Å². The SMILES string of the molecule is Cn1cc(Sc2cc3c(cc2N)OCCO3)cn1. The first-order valence-corrected chi connectivity index (χ1v) is 6.39. The van der Waals surface area contributed by atoms with Crippen LogP contribution in [0, 0.1) is 0 Å². The average molecular weight is 263 g/mol. The molecule has 0 saturated carbocycles. The first-order chi connectivity index (χ1) is 8.72. The third kappa shape index (κ3) is 2.11. The molecule has 0 unspecified atom stereocenters. The van der Waals surface area contributed by atoms with E-state index in [4.69, 9.17) is 15.2 Å². The van der Waals surface area contributed by atoms with Crippen molar-refractivity contribution < 1.29 is 9.47 Å². The molecule has 1 aliphatic heterocycles. The molecule has 2 aromatic rings. The Labute approximate surface area is 109 Å². The van der Waals surface area contributed by atoms with E-state index in [1.54, 1.807) is 22.6 Å². The summed E-state index contributed by atoms with van der Waals surface area (Å²) in [6.07, 6.45) is 3.75. The van der Waals surface area contributed by atoms with Crippen LogP contribution < -0.4 is 15.2 Å². The highest BCUT2D eigenvalue weighted by atomic mass is 32.2. The van der Waals surface area contributed by atoms with Gasteiger partial charge in [-0.15, -0.1) is 0 Å². The second-order valence-electron chi connectivity index (χ2n) is 3.99. The van der Waals surface area contributed by atoms with Gasteiger partial charge in [0.1, 0.15) is 13.2 Å². The van der Waals surface area contributed by atoms with Gasteiger partial charge in [0.15, 0.2) is 11.5 Å². The van der Waals surface area contributed by atoms with Gasteiger partial charge in [0.05, 0.1) is 11.1 Å². The molecule has 0 fully saturated rings. The molecule has 0 bridgehead atoms. The quantitative estimate of drug-likeness (QED) is 0.839. The Morgan fingerprint density at radius 3 is 2.67 bits per heavy atom. The lowest BCUT2D eigenvalue weighted by Gasteiger charge is -2.19. The minimum Gasteiger partial charge on any atom is -0.486 e. The third-order valence-electron chi connectivity index (χ3n) is 2.58. The van der Waals surface area contributed by atoms with Crippen molar-refractivity contribution in [3.05, 3.63) is 24.5 Å². The molecule has 0 aliphatic carbocycles. The van der Waals surface area contributed by atoms with E-state index in [1.807, 2.05) is 25.4 Å². The predicted octanol–water partition coefficient (Wildman–Crippen LogP) is 1.92. The molecule has 1 aromatic heterocycles. The molecule has 0 spiro atoms. The molecule has 6 heteroatoms. The second kappa shape index (κ2) is 4.45. The van der Waals surface area contributed by atoms with Gasteiger partial charge < -0.3 is 15.2 Å². The smallest absolute Gasteiger partial charge is 0.163 e. The number of hydrogen-bond acceptors (Lipinski definition) is 5. The number of nitrogens with two attached hydrogens (primary N) is 1. The van der Waals surface area contributed by atoms with Crippen molar-refractivity contribution in [3.63, 3.8) is 0 Å². The largest absolute Gasteiger partial charge is 0.486 e. The molecule has 0 amide bonds. The van der Waals surface area contributed by atoms with Crippen molar-refractivity contribution in [3.8, 4) is 11.5 Å². The van der Waals surface area contributed by atoms with Gasteiger partial charge in [-0.25, -0.2) is 0 Å². The summed E-state index contributed by atoms with van der Waals surface area (Å²) < 4.78 is 12.8. The number of ether oxygens (including phenoxy) is 2. The molecule has 1 aromatic carbocycles. The lowest BCUT2D eigenvalue weighted by atomic mass is 10.2. The van der Waals surface area contributed by atoms with Crippen LogP contribution in [0.25, 0.3) is 0 Å². The van der Waals surface area contributed by atoms with Gasteiger partial charge in [-0.05, 0) is 0 Å². The molecular weight excluding hydrogens is 250 g/mol. The zero-order valence-corrected chi connectivity index (χ0v) is 10.7. The van der Waals surface area contributed by atoms with Crippen LogP contribution in [0.2, 0.25) is 0 Å². The Bertz CT molecular complexity index is 583. The van der Waals surface area contributed by atoms with Gasteiger partial charge in [0, 0.05) is 36.0 Å². The molecule has 0 atom stereocenters. The molecule has 1 aliphatic rings. The summed E-state index contributed by atoms with van der Waals surface area (Å²) in [6.45, 7) is 1.15. The Morgan fingerprint density at radius 2 is 2.00 bits per heavy atom. The molecule has 3 rings (SSSR count). The number of benzene rings is 1. The Morgan fingerprint density at radius 1 is 1.28 bits per heavy atom. The lowest BCUT2D eigenvalue weighted by Crippen LogP contribution is -2.15. The first kappa shape index (κ1) is 11.3. The van der Waals surface area contributed by atoms with Crippen molar-refractivity contribution in [1.29, 1.82) is 0 Å². The van der Waals surface area contributed by atoms with Gasteiger partial charge in [0.2, 0.25) is 0 Å². The first-order valence-electron chi connectivity index (χ1n) is 5.58. The van der Waals surface area contributed by atoms with Crippen LogP contribution >= 0.6 is 11.8 Å². The maximum atomic E-state index is 6.02. The summed E-state index contributed by atoms with van der Waals surface area (Å²) in [4.78, 5) is 1.99. The molecule has 0 radical (unpaired) electrons. The fourth-order valence-corrected chi connectivity index (χ4v) is 2.65. The summed E-state index contributed by atoms with van der Waals surface area (Å²) in [5.74, 6) is 1.47. The number of aromatic nitrogens is 2. The van der Waals surface area contributed by atoms with Crippen molar-refractivity contribution in [2.24, 2.45) is 7.05 Å². The number of anilines is 1. The maximum absolute atomic E-state index is 6.02. The van der Waals surface area contributed by atoms with Crippen molar-refractivity contribution in [1.82, 2.24) is 9.78 Å².